The van der Waals surface area contributed by atoms with Crippen LogP contribution in [0.2, 0.25) is 0 Å². The van der Waals surface area contributed by atoms with Crippen LogP contribution in [0.3, 0.4) is 0 Å². The van der Waals surface area contributed by atoms with E-state index in [0.717, 1.165) is 9.13 Å². The minimum absolute atomic E-state index is 0.314. The van der Waals surface area contributed by atoms with E-state index in [1.165, 1.54) is 0 Å². The van der Waals surface area contributed by atoms with Gasteiger partial charge in [-0.1, -0.05) is 6.42 Å². The molecule has 17 heavy (non-hydrogen) atoms. The second-order valence-corrected chi connectivity index (χ2v) is 4.73. The maximum atomic E-state index is 12.8. The summed E-state index contributed by atoms with van der Waals surface area (Å²) in [4.78, 5) is 23.8. The first-order chi connectivity index (χ1) is 7.75. The third-order valence-electron chi connectivity index (χ3n) is 2.15. The molecule has 1 heterocycles. The lowest BCUT2D eigenvalue weighted by Gasteiger charge is -2.22. The number of terminal acetylenes is 1. The van der Waals surface area contributed by atoms with Crippen LogP contribution in [0.1, 0.15) is 20.8 Å². The van der Waals surface area contributed by atoms with E-state index in [1.807, 2.05) is 6.04 Å². The molecular formula is C10H12FN3O2S. The maximum absolute atomic E-state index is 12.8. The van der Waals surface area contributed by atoms with Crippen LogP contribution < -0.4 is 11.4 Å². The standard InChI is InChI=1S/C10H12FN3O2S/c1-5-12-7(15)14(10(2,3)4)8(16)13(6-11)9(12)17/h1H,6H2,2-4H3. The number of rotatable bonds is 1. The number of nitrogens with zero attached hydrogens (tertiary/aromatic N) is 3. The van der Waals surface area contributed by atoms with Gasteiger partial charge in [0.2, 0.25) is 4.77 Å². The molecule has 7 heteroatoms. The molecular weight excluding hydrogens is 245 g/mol. The lowest BCUT2D eigenvalue weighted by atomic mass is 10.1. The molecule has 0 atom stereocenters. The van der Waals surface area contributed by atoms with Crippen LogP contribution in [0.15, 0.2) is 9.59 Å². The van der Waals surface area contributed by atoms with Gasteiger partial charge in [-0.3, -0.25) is 0 Å². The Morgan fingerprint density at radius 3 is 2.24 bits per heavy atom. The van der Waals surface area contributed by atoms with Crippen molar-refractivity contribution >= 4 is 12.2 Å². The highest BCUT2D eigenvalue weighted by atomic mass is 32.1. The first kappa shape index (κ1) is 13.4. The lowest BCUT2D eigenvalue weighted by molar-refractivity contribution is 0.297. The summed E-state index contributed by atoms with van der Waals surface area (Å²) in [6.45, 7) is 3.79. The van der Waals surface area contributed by atoms with Crippen molar-refractivity contribution in [3.63, 3.8) is 0 Å². The van der Waals surface area contributed by atoms with Gasteiger partial charge in [0, 0.05) is 11.6 Å². The Labute approximate surface area is 102 Å². The molecule has 5 nitrogen and oxygen atoms in total. The Hall–Kier alpha value is -1.68. The van der Waals surface area contributed by atoms with Gasteiger partial charge >= 0.3 is 11.4 Å². The molecule has 0 aliphatic rings. The van der Waals surface area contributed by atoms with Crippen LogP contribution in [0.4, 0.5) is 4.39 Å². The van der Waals surface area contributed by atoms with Crippen molar-refractivity contribution in [2.45, 2.75) is 33.1 Å². The summed E-state index contributed by atoms with van der Waals surface area (Å²) < 4.78 is 14.7. The van der Waals surface area contributed by atoms with Crippen LogP contribution >= 0.6 is 12.2 Å². The highest BCUT2D eigenvalue weighted by Gasteiger charge is 2.22. The summed E-state index contributed by atoms with van der Waals surface area (Å²) in [5, 5.41) is 0. The van der Waals surface area contributed by atoms with Crippen molar-refractivity contribution in [2.75, 3.05) is 0 Å². The zero-order valence-electron chi connectivity index (χ0n) is 9.73. The van der Waals surface area contributed by atoms with Crippen molar-refractivity contribution < 1.29 is 4.39 Å². The van der Waals surface area contributed by atoms with E-state index >= 15 is 0 Å². The van der Waals surface area contributed by atoms with Gasteiger partial charge in [-0.15, -0.1) is 0 Å². The van der Waals surface area contributed by atoms with E-state index in [9.17, 15) is 14.0 Å². The number of halogens is 1. The topological polar surface area (TPSA) is 48.9 Å². The van der Waals surface area contributed by atoms with Crippen LogP contribution in [0.25, 0.3) is 0 Å². The smallest absolute Gasteiger partial charge is 0.247 e. The molecule has 0 aliphatic heterocycles. The van der Waals surface area contributed by atoms with E-state index < -0.39 is 23.7 Å². The Bertz CT molecular complexity index is 655. The minimum Gasteiger partial charge on any atom is -0.247 e. The predicted molar refractivity (Wildman–Crippen MR) is 64.1 cm³/mol. The third-order valence-corrected chi connectivity index (χ3v) is 2.55. The molecule has 92 valence electrons. The van der Waals surface area contributed by atoms with Gasteiger partial charge in [0.05, 0.1) is 0 Å². The normalized spacial score (nSPS) is 11.2. The van der Waals surface area contributed by atoms with Crippen molar-refractivity contribution in [1.82, 2.24) is 13.7 Å². The average Bonchev–Trinajstić information content (AvgIpc) is 2.16. The third kappa shape index (κ3) is 2.08. The van der Waals surface area contributed by atoms with E-state index in [4.69, 9.17) is 18.6 Å². The van der Waals surface area contributed by atoms with Gasteiger partial charge in [0.25, 0.3) is 0 Å². The van der Waals surface area contributed by atoms with Crippen molar-refractivity contribution in [1.29, 1.82) is 0 Å². The largest absolute Gasteiger partial charge is 0.346 e. The summed E-state index contributed by atoms with van der Waals surface area (Å²) in [6.07, 6.45) is 5.13. The Morgan fingerprint density at radius 2 is 1.88 bits per heavy atom. The fourth-order valence-electron chi connectivity index (χ4n) is 1.37. The molecule has 0 fully saturated rings. The fraction of sp³-hybridized carbons (Fsp3) is 0.500. The average molecular weight is 257 g/mol. The molecule has 1 aromatic rings. The Morgan fingerprint density at radius 1 is 1.35 bits per heavy atom. The summed E-state index contributed by atoms with van der Waals surface area (Å²) in [6, 6.07) is 2.03. The van der Waals surface area contributed by atoms with Crippen LogP contribution in [0.5, 0.6) is 0 Å². The van der Waals surface area contributed by atoms with Gasteiger partial charge in [0.1, 0.15) is 0 Å². The molecule has 0 saturated heterocycles. The van der Waals surface area contributed by atoms with Gasteiger partial charge in [-0.25, -0.2) is 23.1 Å². The summed E-state index contributed by atoms with van der Waals surface area (Å²) >= 11 is 4.78. The highest BCUT2D eigenvalue weighted by Crippen LogP contribution is 2.07. The van der Waals surface area contributed by atoms with E-state index in [-0.39, 0.29) is 4.77 Å². The number of hydrogen-bond acceptors (Lipinski definition) is 3. The van der Waals surface area contributed by atoms with Gasteiger partial charge in [0.15, 0.2) is 6.80 Å². The van der Waals surface area contributed by atoms with E-state index in [0.29, 0.717) is 4.57 Å². The monoisotopic (exact) mass is 257 g/mol. The number of aromatic nitrogens is 3. The summed E-state index contributed by atoms with van der Waals surface area (Å²) in [7, 11) is 0. The summed E-state index contributed by atoms with van der Waals surface area (Å²) in [5.41, 5.74) is -2.35. The van der Waals surface area contributed by atoms with Gasteiger partial charge in [-0.2, -0.15) is 4.57 Å². The Balaban J connectivity index is 4.03. The first-order valence-corrected chi connectivity index (χ1v) is 5.18. The number of hydrogen-bond donors (Lipinski definition) is 0. The second kappa shape index (κ2) is 4.30. The lowest BCUT2D eigenvalue weighted by Crippen LogP contribution is -2.51. The SMILES string of the molecule is C#Cn1c(=S)n(CF)c(=O)n(C(C)(C)C)c1=O. The molecule has 0 radical (unpaired) electrons. The first-order valence-electron chi connectivity index (χ1n) is 4.77. The van der Waals surface area contributed by atoms with Crippen LogP contribution in [0, 0.1) is 17.2 Å². The molecule has 0 unspecified atom stereocenters. The fourth-order valence-corrected chi connectivity index (χ4v) is 1.63. The van der Waals surface area contributed by atoms with Gasteiger partial charge < -0.3 is 0 Å². The molecule has 1 aromatic heterocycles. The van der Waals surface area contributed by atoms with Crippen molar-refractivity contribution in [3.8, 4) is 12.5 Å². The van der Waals surface area contributed by atoms with E-state index in [2.05, 4.69) is 0 Å². The van der Waals surface area contributed by atoms with Crippen LogP contribution in [-0.2, 0) is 12.3 Å². The predicted octanol–water partition coefficient (Wildman–Crippen LogP) is 0.662. The zero-order chi connectivity index (χ0) is 13.4. The molecule has 0 saturated carbocycles. The molecule has 0 bridgehead atoms. The quantitative estimate of drug-likeness (QED) is 0.548. The van der Waals surface area contributed by atoms with Crippen molar-refractivity contribution in [3.05, 3.63) is 25.7 Å². The minimum atomic E-state index is -1.13. The van der Waals surface area contributed by atoms with E-state index in [1.54, 1.807) is 20.8 Å². The van der Waals surface area contributed by atoms with Crippen molar-refractivity contribution in [2.24, 2.45) is 0 Å². The molecule has 0 N–H and O–H groups in total. The molecule has 0 aromatic carbocycles. The maximum Gasteiger partial charge on any atom is 0.346 e. The molecule has 0 spiro atoms. The Kier molecular flexibility index (Phi) is 3.38. The molecule has 0 aliphatic carbocycles. The molecule has 0 amide bonds. The number of alkyl halides is 1. The summed E-state index contributed by atoms with van der Waals surface area (Å²) in [5.74, 6) is 0. The highest BCUT2D eigenvalue weighted by molar-refractivity contribution is 7.71. The zero-order valence-corrected chi connectivity index (χ0v) is 10.5. The van der Waals surface area contributed by atoms with Crippen LogP contribution in [-0.4, -0.2) is 13.7 Å². The second-order valence-electron chi connectivity index (χ2n) is 4.37. The molecule has 1 rings (SSSR count). The van der Waals surface area contributed by atoms with Gasteiger partial charge in [-0.05, 0) is 33.0 Å².